The maximum atomic E-state index is 12.4. The van der Waals surface area contributed by atoms with E-state index in [1.807, 2.05) is 24.3 Å². The number of likely N-dealkylation sites (N-methyl/N-ethyl adjacent to an activating group) is 1. The first-order valence-electron chi connectivity index (χ1n) is 10.9. The highest BCUT2D eigenvalue weighted by Crippen LogP contribution is 2.26. The molecule has 3 aromatic rings. The van der Waals surface area contributed by atoms with Crippen LogP contribution in [0.2, 0.25) is 0 Å². The summed E-state index contributed by atoms with van der Waals surface area (Å²) in [6.07, 6.45) is 0. The maximum absolute atomic E-state index is 12.4. The Kier molecular flexibility index (Phi) is 8.68. The van der Waals surface area contributed by atoms with E-state index in [2.05, 4.69) is 24.1 Å². The van der Waals surface area contributed by atoms with Crippen LogP contribution in [0.25, 0.3) is 10.9 Å². The first-order chi connectivity index (χ1) is 15.9. The molecule has 2 aromatic carbocycles. The Morgan fingerprint density at radius 3 is 2.45 bits per heavy atom. The number of nitrogens with one attached hydrogen (secondary N) is 1. The van der Waals surface area contributed by atoms with Crippen LogP contribution in [0, 0.1) is 0 Å². The van der Waals surface area contributed by atoms with Gasteiger partial charge >= 0.3 is 5.97 Å². The Balaban J connectivity index is 1.54. The molecule has 1 aromatic heterocycles. The van der Waals surface area contributed by atoms with Gasteiger partial charge in [-0.15, -0.1) is 11.8 Å². The number of pyridine rings is 1. The fraction of sp³-hybridized carbons (Fsp3) is 0.320. The number of aryl methyl sites for hydroxylation is 1. The number of thioether (sulfide) groups is 1. The molecule has 7 nitrogen and oxygen atoms in total. The third kappa shape index (κ3) is 6.46. The number of hydrogen-bond acceptors (Lipinski definition) is 6. The van der Waals surface area contributed by atoms with Crippen LogP contribution in [-0.4, -0.2) is 53.3 Å². The van der Waals surface area contributed by atoms with Crippen LogP contribution in [0.3, 0.4) is 0 Å². The Hall–Kier alpha value is -3.10. The molecule has 0 saturated carbocycles. The summed E-state index contributed by atoms with van der Waals surface area (Å²) < 4.78 is 6.92. The number of amides is 1. The highest BCUT2D eigenvalue weighted by Gasteiger charge is 2.11. The van der Waals surface area contributed by atoms with Gasteiger partial charge < -0.3 is 19.5 Å². The van der Waals surface area contributed by atoms with Gasteiger partial charge in [0.15, 0.2) is 0 Å². The molecule has 0 aliphatic carbocycles. The van der Waals surface area contributed by atoms with Gasteiger partial charge in [0.2, 0.25) is 5.91 Å². The quantitative estimate of drug-likeness (QED) is 0.361. The van der Waals surface area contributed by atoms with Crippen LogP contribution in [0.5, 0.6) is 0 Å². The molecule has 0 aliphatic rings. The van der Waals surface area contributed by atoms with Crippen LogP contribution in [-0.2, 0) is 16.6 Å². The number of rotatable bonds is 10. The third-order valence-electron chi connectivity index (χ3n) is 5.41. The van der Waals surface area contributed by atoms with Gasteiger partial charge in [-0.2, -0.15) is 0 Å². The summed E-state index contributed by atoms with van der Waals surface area (Å²) in [4.78, 5) is 39.8. The number of fused-ring (bicyclic) bond motifs is 1. The van der Waals surface area contributed by atoms with Crippen molar-refractivity contribution in [2.24, 2.45) is 7.05 Å². The summed E-state index contributed by atoms with van der Waals surface area (Å²) >= 11 is 1.32. The number of para-hydroxylation sites is 1. The molecular formula is C25H29N3O4S. The lowest BCUT2D eigenvalue weighted by molar-refractivity contribution is -0.113. The molecule has 0 spiro atoms. The Morgan fingerprint density at radius 2 is 1.76 bits per heavy atom. The number of carbonyl (C=O) groups is 2. The van der Waals surface area contributed by atoms with Crippen molar-refractivity contribution in [2.75, 3.05) is 37.3 Å². The van der Waals surface area contributed by atoms with Crippen molar-refractivity contribution in [3.8, 4) is 0 Å². The van der Waals surface area contributed by atoms with Crippen LogP contribution < -0.4 is 10.9 Å². The molecule has 174 valence electrons. The lowest BCUT2D eigenvalue weighted by Crippen LogP contribution is -2.27. The van der Waals surface area contributed by atoms with E-state index < -0.39 is 0 Å². The van der Waals surface area contributed by atoms with E-state index in [-0.39, 0.29) is 23.2 Å². The van der Waals surface area contributed by atoms with Crippen LogP contribution >= 0.6 is 11.8 Å². The zero-order chi connectivity index (χ0) is 23.8. The molecule has 8 heteroatoms. The second-order valence-corrected chi connectivity index (χ2v) is 8.52. The van der Waals surface area contributed by atoms with Crippen LogP contribution in [0.15, 0.2) is 64.3 Å². The van der Waals surface area contributed by atoms with E-state index in [1.54, 1.807) is 41.9 Å². The fourth-order valence-corrected chi connectivity index (χ4v) is 4.29. The molecule has 0 atom stereocenters. The van der Waals surface area contributed by atoms with Gasteiger partial charge in [0.1, 0.15) is 6.61 Å². The Morgan fingerprint density at radius 1 is 1.06 bits per heavy atom. The molecule has 33 heavy (non-hydrogen) atoms. The van der Waals surface area contributed by atoms with E-state index in [1.165, 1.54) is 11.8 Å². The SMILES string of the molecule is CCN(CC)CCOC(=O)c1ccc(NC(=O)CSc2cc(=O)n(C)c3ccccc23)cc1. The topological polar surface area (TPSA) is 80.6 Å². The lowest BCUT2D eigenvalue weighted by Gasteiger charge is -2.17. The van der Waals surface area contributed by atoms with Gasteiger partial charge in [-0.1, -0.05) is 32.0 Å². The zero-order valence-corrected chi connectivity index (χ0v) is 20.0. The average molecular weight is 468 g/mol. The second-order valence-electron chi connectivity index (χ2n) is 7.50. The van der Waals surface area contributed by atoms with Gasteiger partial charge in [0, 0.05) is 35.6 Å². The summed E-state index contributed by atoms with van der Waals surface area (Å²) in [5.41, 5.74) is 1.74. The van der Waals surface area contributed by atoms with Gasteiger partial charge in [-0.05, 0) is 43.4 Å². The monoisotopic (exact) mass is 467 g/mol. The minimum atomic E-state index is -0.381. The average Bonchev–Trinajstić information content (AvgIpc) is 2.83. The van der Waals surface area contributed by atoms with Crippen molar-refractivity contribution >= 4 is 40.2 Å². The predicted molar refractivity (Wildman–Crippen MR) is 133 cm³/mol. The number of esters is 1. The molecular weight excluding hydrogens is 438 g/mol. The number of benzene rings is 2. The molecule has 0 aliphatic heterocycles. The van der Waals surface area contributed by atoms with Crippen molar-refractivity contribution in [1.82, 2.24) is 9.47 Å². The summed E-state index contributed by atoms with van der Waals surface area (Å²) in [7, 11) is 1.73. The normalized spacial score (nSPS) is 11.0. The van der Waals surface area contributed by atoms with Crippen molar-refractivity contribution in [3.05, 3.63) is 70.5 Å². The molecule has 0 saturated heterocycles. The minimum absolute atomic E-state index is 0.115. The molecule has 0 bridgehead atoms. The van der Waals surface area contributed by atoms with Gasteiger partial charge in [0.05, 0.1) is 16.8 Å². The van der Waals surface area contributed by atoms with Crippen molar-refractivity contribution in [3.63, 3.8) is 0 Å². The van der Waals surface area contributed by atoms with E-state index in [9.17, 15) is 14.4 Å². The fourth-order valence-electron chi connectivity index (χ4n) is 3.42. The largest absolute Gasteiger partial charge is 0.461 e. The summed E-state index contributed by atoms with van der Waals surface area (Å²) in [5, 5.41) is 3.76. The molecule has 0 unspecified atom stereocenters. The van der Waals surface area contributed by atoms with E-state index in [0.717, 1.165) is 28.9 Å². The van der Waals surface area contributed by atoms with Crippen LogP contribution in [0.1, 0.15) is 24.2 Å². The highest BCUT2D eigenvalue weighted by atomic mass is 32.2. The van der Waals surface area contributed by atoms with Gasteiger partial charge in [0.25, 0.3) is 5.56 Å². The van der Waals surface area contributed by atoms with Crippen LogP contribution in [0.4, 0.5) is 5.69 Å². The van der Waals surface area contributed by atoms with Crippen molar-refractivity contribution in [2.45, 2.75) is 18.7 Å². The smallest absolute Gasteiger partial charge is 0.338 e. The number of carbonyl (C=O) groups excluding carboxylic acids is 2. The Bertz CT molecular complexity index is 1170. The molecule has 0 fully saturated rings. The first kappa shape index (κ1) is 24.5. The number of ether oxygens (including phenoxy) is 1. The first-order valence-corrected chi connectivity index (χ1v) is 11.9. The van der Waals surface area contributed by atoms with Gasteiger partial charge in [-0.3, -0.25) is 9.59 Å². The Labute approximate surface area is 197 Å². The second kappa shape index (κ2) is 11.7. The minimum Gasteiger partial charge on any atom is -0.461 e. The molecule has 1 heterocycles. The molecule has 0 radical (unpaired) electrons. The van der Waals surface area contributed by atoms with E-state index >= 15 is 0 Å². The summed E-state index contributed by atoms with van der Waals surface area (Å²) in [6, 6.07) is 15.8. The summed E-state index contributed by atoms with van der Waals surface area (Å²) in [5.74, 6) is -0.417. The van der Waals surface area contributed by atoms with E-state index in [0.29, 0.717) is 24.4 Å². The number of hydrogen-bond donors (Lipinski definition) is 1. The zero-order valence-electron chi connectivity index (χ0n) is 19.2. The number of anilines is 1. The van der Waals surface area contributed by atoms with Crippen molar-refractivity contribution < 1.29 is 14.3 Å². The van der Waals surface area contributed by atoms with Crippen molar-refractivity contribution in [1.29, 1.82) is 0 Å². The number of aromatic nitrogens is 1. The number of nitrogens with zero attached hydrogens (tertiary/aromatic N) is 2. The molecule has 1 N–H and O–H groups in total. The van der Waals surface area contributed by atoms with Gasteiger partial charge in [-0.25, -0.2) is 4.79 Å². The standard InChI is InChI=1S/C25H29N3O4S/c1-4-28(5-2)14-15-32-25(31)18-10-12-19(13-11-18)26-23(29)17-33-22-16-24(30)27(3)21-9-7-6-8-20(21)22/h6-13,16H,4-5,14-15,17H2,1-3H3,(H,26,29). The summed E-state index contributed by atoms with van der Waals surface area (Å²) in [6.45, 7) is 7.01. The third-order valence-corrected chi connectivity index (χ3v) is 6.47. The van der Waals surface area contributed by atoms with E-state index in [4.69, 9.17) is 4.74 Å². The predicted octanol–water partition coefficient (Wildman–Crippen LogP) is 3.77. The maximum Gasteiger partial charge on any atom is 0.338 e. The highest BCUT2D eigenvalue weighted by molar-refractivity contribution is 8.00. The molecule has 1 amide bonds. The lowest BCUT2D eigenvalue weighted by atomic mass is 10.2. The molecule has 3 rings (SSSR count).